The van der Waals surface area contributed by atoms with E-state index in [1.807, 2.05) is 19.1 Å². The van der Waals surface area contributed by atoms with Gasteiger partial charge in [0.05, 0.1) is 6.54 Å². The van der Waals surface area contributed by atoms with Crippen LogP contribution in [0.2, 0.25) is 0 Å². The van der Waals surface area contributed by atoms with Gasteiger partial charge in [0.25, 0.3) is 0 Å². The molecule has 1 amide bonds. The Hall–Kier alpha value is -1.25. The first-order valence-electron chi connectivity index (χ1n) is 4.54. The van der Waals surface area contributed by atoms with Gasteiger partial charge in [-0.2, -0.15) is 0 Å². The van der Waals surface area contributed by atoms with Crippen LogP contribution in [0.3, 0.4) is 0 Å². The molecule has 3 nitrogen and oxygen atoms in total. The summed E-state index contributed by atoms with van der Waals surface area (Å²) in [6.45, 7) is 2.54. The maximum absolute atomic E-state index is 10.9. The van der Waals surface area contributed by atoms with Crippen LogP contribution in [-0.4, -0.2) is 18.2 Å². The Morgan fingerprint density at radius 2 is 2.46 bits per heavy atom. The zero-order chi connectivity index (χ0) is 9.31. The minimum absolute atomic E-state index is 0.307. The number of ether oxygens (including phenoxy) is 1. The summed E-state index contributed by atoms with van der Waals surface area (Å²) in [6, 6.07) is 0. The number of carbonyl (C=O) groups excluding carboxylic acids is 1. The highest BCUT2D eigenvalue weighted by Gasteiger charge is 2.38. The molecule has 3 heteroatoms. The van der Waals surface area contributed by atoms with E-state index >= 15 is 0 Å². The molecule has 0 radical (unpaired) electrons. The molecule has 13 heavy (non-hydrogen) atoms. The average molecular weight is 179 g/mol. The predicted molar refractivity (Wildman–Crippen MR) is 49.3 cm³/mol. The van der Waals surface area contributed by atoms with Gasteiger partial charge in [-0.3, -0.25) is 0 Å². The van der Waals surface area contributed by atoms with Crippen LogP contribution < -0.4 is 5.32 Å². The van der Waals surface area contributed by atoms with Crippen LogP contribution in [0.25, 0.3) is 0 Å². The quantitative estimate of drug-likeness (QED) is 0.666. The molecule has 1 fully saturated rings. The summed E-state index contributed by atoms with van der Waals surface area (Å²) >= 11 is 0. The Labute approximate surface area is 77.5 Å². The minimum atomic E-state index is -0.415. The van der Waals surface area contributed by atoms with Gasteiger partial charge in [0.1, 0.15) is 5.60 Å². The molecule has 0 aromatic rings. The third-order valence-electron chi connectivity index (χ3n) is 2.58. The molecule has 0 aromatic heterocycles. The van der Waals surface area contributed by atoms with E-state index in [1.165, 1.54) is 5.57 Å². The van der Waals surface area contributed by atoms with E-state index in [0.29, 0.717) is 6.54 Å². The van der Waals surface area contributed by atoms with Crippen LogP contribution in [0.15, 0.2) is 23.8 Å². The van der Waals surface area contributed by atoms with Crippen molar-refractivity contribution in [1.29, 1.82) is 0 Å². The summed E-state index contributed by atoms with van der Waals surface area (Å²) in [7, 11) is 0. The number of amides is 1. The molecule has 0 saturated carbocycles. The van der Waals surface area contributed by atoms with E-state index in [2.05, 4.69) is 11.4 Å². The molecule has 0 spiro atoms. The highest BCUT2D eigenvalue weighted by atomic mass is 16.6. The van der Waals surface area contributed by atoms with Crippen molar-refractivity contribution in [3.8, 4) is 0 Å². The normalized spacial score (nSPS) is 32.4. The van der Waals surface area contributed by atoms with Gasteiger partial charge in [0.2, 0.25) is 0 Å². The van der Waals surface area contributed by atoms with Crippen molar-refractivity contribution in [1.82, 2.24) is 5.32 Å². The molecule has 0 bridgehead atoms. The fraction of sp³-hybridized carbons (Fsp3) is 0.500. The van der Waals surface area contributed by atoms with Crippen LogP contribution in [-0.2, 0) is 4.74 Å². The van der Waals surface area contributed by atoms with Crippen molar-refractivity contribution < 1.29 is 9.53 Å². The van der Waals surface area contributed by atoms with Crippen molar-refractivity contribution >= 4 is 6.09 Å². The molecule has 70 valence electrons. The molecule has 2 aliphatic rings. The first-order valence-corrected chi connectivity index (χ1v) is 4.54. The molecule has 1 N–H and O–H groups in total. The van der Waals surface area contributed by atoms with E-state index in [1.54, 1.807) is 0 Å². The average Bonchev–Trinajstić information content (AvgIpc) is 2.49. The lowest BCUT2D eigenvalue weighted by Crippen LogP contribution is -2.32. The van der Waals surface area contributed by atoms with Gasteiger partial charge in [-0.25, -0.2) is 4.79 Å². The summed E-state index contributed by atoms with van der Waals surface area (Å²) in [6.07, 6.45) is 7.91. The number of rotatable bonds is 1. The second-order valence-corrected chi connectivity index (χ2v) is 3.63. The third kappa shape index (κ3) is 1.46. The zero-order valence-corrected chi connectivity index (χ0v) is 7.67. The van der Waals surface area contributed by atoms with Crippen molar-refractivity contribution in [3.63, 3.8) is 0 Å². The Balaban J connectivity index is 2.19. The van der Waals surface area contributed by atoms with Gasteiger partial charge in [-0.15, -0.1) is 0 Å². The molecule has 1 aliphatic heterocycles. The maximum atomic E-state index is 10.9. The van der Waals surface area contributed by atoms with Gasteiger partial charge < -0.3 is 10.1 Å². The van der Waals surface area contributed by atoms with E-state index in [9.17, 15) is 4.79 Å². The number of nitrogens with one attached hydrogen (secondary N) is 1. The van der Waals surface area contributed by atoms with Gasteiger partial charge in [-0.1, -0.05) is 18.2 Å². The molecule has 1 unspecified atom stereocenters. The van der Waals surface area contributed by atoms with Crippen LogP contribution in [0, 0.1) is 0 Å². The lowest BCUT2D eigenvalue weighted by molar-refractivity contribution is 0.0963. The Morgan fingerprint density at radius 3 is 3.00 bits per heavy atom. The molecule has 0 aromatic carbocycles. The lowest BCUT2D eigenvalue weighted by atomic mass is 9.89. The van der Waals surface area contributed by atoms with Gasteiger partial charge in [0.15, 0.2) is 0 Å². The Kier molecular flexibility index (Phi) is 1.87. The largest absolute Gasteiger partial charge is 0.437 e. The second kappa shape index (κ2) is 2.91. The van der Waals surface area contributed by atoms with Crippen molar-refractivity contribution in [2.24, 2.45) is 0 Å². The summed E-state index contributed by atoms with van der Waals surface area (Å²) in [5, 5.41) is 2.68. The fourth-order valence-corrected chi connectivity index (χ4v) is 1.74. The summed E-state index contributed by atoms with van der Waals surface area (Å²) in [4.78, 5) is 10.9. The molecule has 1 atom stereocenters. The molecule has 1 aliphatic carbocycles. The molecule has 2 rings (SSSR count). The van der Waals surface area contributed by atoms with Crippen LogP contribution in [0.1, 0.15) is 19.8 Å². The first kappa shape index (κ1) is 8.35. The van der Waals surface area contributed by atoms with Crippen LogP contribution in [0.5, 0.6) is 0 Å². The fourth-order valence-electron chi connectivity index (χ4n) is 1.74. The van der Waals surface area contributed by atoms with Crippen LogP contribution in [0.4, 0.5) is 4.79 Å². The number of hydrogen-bond acceptors (Lipinski definition) is 2. The lowest BCUT2D eigenvalue weighted by Gasteiger charge is -2.25. The van der Waals surface area contributed by atoms with E-state index in [0.717, 1.165) is 12.8 Å². The molecule has 1 saturated heterocycles. The predicted octanol–water partition coefficient (Wildman–Crippen LogP) is 1.76. The van der Waals surface area contributed by atoms with Crippen molar-refractivity contribution in [2.45, 2.75) is 25.4 Å². The number of carbonyl (C=O) groups is 1. The van der Waals surface area contributed by atoms with Gasteiger partial charge >= 0.3 is 6.09 Å². The van der Waals surface area contributed by atoms with Crippen molar-refractivity contribution in [2.75, 3.05) is 6.54 Å². The topological polar surface area (TPSA) is 38.3 Å². The molecular formula is C10H13NO2. The van der Waals surface area contributed by atoms with Gasteiger partial charge in [-0.05, 0) is 25.3 Å². The molecule has 1 heterocycles. The molecular weight excluding hydrogens is 166 g/mol. The zero-order valence-electron chi connectivity index (χ0n) is 7.67. The summed E-state index contributed by atoms with van der Waals surface area (Å²) in [5.74, 6) is 0. The first-order chi connectivity index (χ1) is 6.21. The highest BCUT2D eigenvalue weighted by Crippen LogP contribution is 2.30. The van der Waals surface area contributed by atoms with E-state index in [4.69, 9.17) is 4.74 Å². The Morgan fingerprint density at radius 1 is 1.62 bits per heavy atom. The number of alkyl carbamates (subject to hydrolysis) is 1. The second-order valence-electron chi connectivity index (χ2n) is 3.63. The maximum Gasteiger partial charge on any atom is 0.408 e. The highest BCUT2D eigenvalue weighted by molar-refractivity contribution is 5.71. The van der Waals surface area contributed by atoms with E-state index in [-0.39, 0.29) is 6.09 Å². The summed E-state index contributed by atoms with van der Waals surface area (Å²) < 4.78 is 5.24. The number of cyclic esters (lactones) is 1. The van der Waals surface area contributed by atoms with Gasteiger partial charge in [0, 0.05) is 0 Å². The standard InChI is InChI=1S/C10H13NO2/c1-10(7-11-9(12)13-10)8-5-3-2-4-6-8/h2-3,5H,4,6-7H2,1H3,(H,11,12). The van der Waals surface area contributed by atoms with Crippen molar-refractivity contribution in [3.05, 3.63) is 23.8 Å². The smallest absolute Gasteiger partial charge is 0.408 e. The number of hydrogen-bond donors (Lipinski definition) is 1. The minimum Gasteiger partial charge on any atom is -0.437 e. The summed E-state index contributed by atoms with van der Waals surface area (Å²) in [5.41, 5.74) is 0.787. The SMILES string of the molecule is CC1(C2=CC=CCC2)CNC(=O)O1. The monoisotopic (exact) mass is 179 g/mol. The van der Waals surface area contributed by atoms with E-state index < -0.39 is 5.60 Å². The third-order valence-corrected chi connectivity index (χ3v) is 2.58. The van der Waals surface area contributed by atoms with Crippen LogP contribution >= 0.6 is 0 Å². The number of allylic oxidation sites excluding steroid dienone is 3. The Bertz CT molecular complexity index is 293.